The van der Waals surface area contributed by atoms with Gasteiger partial charge in [-0.2, -0.15) is 0 Å². The normalized spacial score (nSPS) is 17.4. The Morgan fingerprint density at radius 2 is 1.82 bits per heavy atom. The van der Waals surface area contributed by atoms with E-state index in [0.717, 1.165) is 6.42 Å². The first-order valence-corrected chi connectivity index (χ1v) is 9.49. The van der Waals surface area contributed by atoms with Crippen LogP contribution >= 0.6 is 0 Å². The molecule has 122 valence electrons. The average Bonchev–Trinajstić information content (AvgIpc) is 2.48. The first-order chi connectivity index (χ1) is 10.4. The summed E-state index contributed by atoms with van der Waals surface area (Å²) >= 11 is 0. The number of aryl methyl sites for hydroxylation is 1. The molecule has 0 spiro atoms. The summed E-state index contributed by atoms with van der Waals surface area (Å²) in [6.45, 7) is 3.55. The van der Waals surface area contributed by atoms with Gasteiger partial charge in [0.15, 0.2) is 0 Å². The number of amides is 1. The maximum absolute atomic E-state index is 12.1. The number of nitrogens with zero attached hydrogens (tertiary/aromatic N) is 1. The van der Waals surface area contributed by atoms with Crippen LogP contribution in [0.1, 0.15) is 24.0 Å². The third-order valence-electron chi connectivity index (χ3n) is 4.13. The summed E-state index contributed by atoms with van der Waals surface area (Å²) in [5.41, 5.74) is 2.43. The Morgan fingerprint density at radius 3 is 2.36 bits per heavy atom. The van der Waals surface area contributed by atoms with Crippen LogP contribution in [0.2, 0.25) is 0 Å². The lowest BCUT2D eigenvalue weighted by Gasteiger charge is -2.29. The molecule has 6 heteroatoms. The van der Waals surface area contributed by atoms with Gasteiger partial charge in [0.1, 0.15) is 0 Å². The van der Waals surface area contributed by atoms with Gasteiger partial charge in [0.05, 0.1) is 6.26 Å². The van der Waals surface area contributed by atoms with Crippen LogP contribution in [0, 0.1) is 12.8 Å². The number of sulfonamides is 1. The van der Waals surface area contributed by atoms with Gasteiger partial charge in [-0.3, -0.25) is 4.79 Å². The van der Waals surface area contributed by atoms with Crippen LogP contribution in [-0.2, 0) is 21.2 Å². The number of hydrogen-bond acceptors (Lipinski definition) is 3. The minimum Gasteiger partial charge on any atom is -0.356 e. The fraction of sp³-hybridized carbons (Fsp3) is 0.562. The number of nitrogens with one attached hydrogen (secondary N) is 1. The van der Waals surface area contributed by atoms with E-state index in [0.29, 0.717) is 32.5 Å². The summed E-state index contributed by atoms with van der Waals surface area (Å²) in [6.07, 6.45) is 3.23. The van der Waals surface area contributed by atoms with Crippen molar-refractivity contribution in [1.82, 2.24) is 9.62 Å². The molecule has 0 atom stereocenters. The zero-order valence-corrected chi connectivity index (χ0v) is 14.0. The van der Waals surface area contributed by atoms with Crippen LogP contribution in [0.3, 0.4) is 0 Å². The standard InChI is InChI=1S/C16H24N2O3S/c1-13-3-5-14(6-4-13)7-10-17-16(19)15-8-11-18(12-9-15)22(2,20)21/h3-6,15H,7-12H2,1-2H3,(H,17,19). The third kappa shape index (κ3) is 4.81. The Balaban J connectivity index is 1.73. The van der Waals surface area contributed by atoms with Crippen LogP contribution in [0.4, 0.5) is 0 Å². The Morgan fingerprint density at radius 1 is 1.23 bits per heavy atom. The smallest absolute Gasteiger partial charge is 0.223 e. The van der Waals surface area contributed by atoms with Gasteiger partial charge in [-0.15, -0.1) is 0 Å². The molecular weight excluding hydrogens is 300 g/mol. The number of piperidine rings is 1. The molecule has 22 heavy (non-hydrogen) atoms. The Hall–Kier alpha value is -1.40. The molecule has 0 saturated carbocycles. The van der Waals surface area contributed by atoms with Gasteiger partial charge < -0.3 is 5.32 Å². The lowest BCUT2D eigenvalue weighted by Crippen LogP contribution is -2.42. The summed E-state index contributed by atoms with van der Waals surface area (Å²) in [5.74, 6) is -0.0312. The first-order valence-electron chi connectivity index (χ1n) is 7.64. The molecule has 0 bridgehead atoms. The Kier molecular flexibility index (Phi) is 5.58. The molecule has 1 aliphatic heterocycles. The largest absolute Gasteiger partial charge is 0.356 e. The van der Waals surface area contributed by atoms with E-state index in [-0.39, 0.29) is 11.8 Å². The Bertz CT molecular complexity index is 603. The van der Waals surface area contributed by atoms with E-state index < -0.39 is 10.0 Å². The highest BCUT2D eigenvalue weighted by Gasteiger charge is 2.28. The maximum atomic E-state index is 12.1. The molecule has 5 nitrogen and oxygen atoms in total. The topological polar surface area (TPSA) is 66.5 Å². The van der Waals surface area contributed by atoms with E-state index >= 15 is 0 Å². The molecule has 1 fully saturated rings. The molecule has 0 aromatic heterocycles. The predicted molar refractivity (Wildman–Crippen MR) is 87.0 cm³/mol. The quantitative estimate of drug-likeness (QED) is 0.888. The predicted octanol–water partition coefficient (Wildman–Crippen LogP) is 1.33. The second-order valence-corrected chi connectivity index (χ2v) is 7.95. The number of hydrogen-bond donors (Lipinski definition) is 1. The minimum absolute atomic E-state index is 0.0419. The Labute approximate surface area is 132 Å². The van der Waals surface area contributed by atoms with E-state index in [4.69, 9.17) is 0 Å². The third-order valence-corrected chi connectivity index (χ3v) is 5.43. The summed E-state index contributed by atoms with van der Waals surface area (Å²) in [6, 6.07) is 8.29. The number of rotatable bonds is 5. The van der Waals surface area contributed by atoms with Crippen LogP contribution in [-0.4, -0.2) is 44.5 Å². The van der Waals surface area contributed by atoms with Gasteiger partial charge in [0, 0.05) is 25.6 Å². The second kappa shape index (κ2) is 7.24. The summed E-state index contributed by atoms with van der Waals surface area (Å²) in [4.78, 5) is 12.1. The SMILES string of the molecule is Cc1ccc(CCNC(=O)C2CCN(S(C)(=O)=O)CC2)cc1. The average molecular weight is 324 g/mol. The molecule has 1 amide bonds. The van der Waals surface area contributed by atoms with E-state index in [1.165, 1.54) is 21.7 Å². The van der Waals surface area contributed by atoms with Crippen molar-refractivity contribution >= 4 is 15.9 Å². The number of carbonyl (C=O) groups is 1. The van der Waals surface area contributed by atoms with Crippen molar-refractivity contribution < 1.29 is 13.2 Å². The van der Waals surface area contributed by atoms with Gasteiger partial charge in [-0.25, -0.2) is 12.7 Å². The molecule has 1 aliphatic rings. The lowest BCUT2D eigenvalue weighted by atomic mass is 9.97. The molecular formula is C16H24N2O3S. The fourth-order valence-electron chi connectivity index (χ4n) is 2.68. The summed E-state index contributed by atoms with van der Waals surface area (Å²) in [5, 5.41) is 2.96. The van der Waals surface area contributed by atoms with Crippen molar-refractivity contribution in [3.8, 4) is 0 Å². The molecule has 1 aromatic carbocycles. The molecule has 0 unspecified atom stereocenters. The van der Waals surface area contributed by atoms with Gasteiger partial charge in [-0.05, 0) is 31.7 Å². The van der Waals surface area contributed by atoms with Gasteiger partial charge in [0.2, 0.25) is 15.9 Å². The van der Waals surface area contributed by atoms with E-state index in [2.05, 4.69) is 36.5 Å². The lowest BCUT2D eigenvalue weighted by molar-refractivity contribution is -0.126. The molecule has 2 rings (SSSR count). The molecule has 0 radical (unpaired) electrons. The summed E-state index contributed by atoms with van der Waals surface area (Å²) in [7, 11) is -3.13. The zero-order chi connectivity index (χ0) is 16.2. The van der Waals surface area contributed by atoms with Crippen LogP contribution in [0.5, 0.6) is 0 Å². The molecule has 1 N–H and O–H groups in total. The minimum atomic E-state index is -3.13. The molecule has 1 heterocycles. The molecule has 0 aliphatic carbocycles. The number of carbonyl (C=O) groups excluding carboxylic acids is 1. The van der Waals surface area contributed by atoms with Crippen molar-refractivity contribution in [1.29, 1.82) is 0 Å². The van der Waals surface area contributed by atoms with Crippen molar-refractivity contribution in [2.75, 3.05) is 25.9 Å². The zero-order valence-electron chi connectivity index (χ0n) is 13.2. The highest BCUT2D eigenvalue weighted by molar-refractivity contribution is 7.88. The van der Waals surface area contributed by atoms with Crippen molar-refractivity contribution in [3.05, 3.63) is 35.4 Å². The van der Waals surface area contributed by atoms with Crippen LogP contribution < -0.4 is 5.32 Å². The maximum Gasteiger partial charge on any atom is 0.223 e. The first kappa shape index (κ1) is 17.0. The second-order valence-electron chi connectivity index (χ2n) is 5.96. The highest BCUT2D eigenvalue weighted by Crippen LogP contribution is 2.19. The van der Waals surface area contributed by atoms with Crippen molar-refractivity contribution in [2.24, 2.45) is 5.92 Å². The number of benzene rings is 1. The van der Waals surface area contributed by atoms with Gasteiger partial charge in [0.25, 0.3) is 0 Å². The van der Waals surface area contributed by atoms with Gasteiger partial charge >= 0.3 is 0 Å². The highest BCUT2D eigenvalue weighted by atomic mass is 32.2. The van der Waals surface area contributed by atoms with E-state index in [1.54, 1.807) is 0 Å². The summed E-state index contributed by atoms with van der Waals surface area (Å²) < 4.78 is 24.3. The van der Waals surface area contributed by atoms with Crippen LogP contribution in [0.15, 0.2) is 24.3 Å². The fourth-order valence-corrected chi connectivity index (χ4v) is 3.55. The van der Waals surface area contributed by atoms with E-state index in [1.807, 2.05) is 0 Å². The van der Waals surface area contributed by atoms with Crippen molar-refractivity contribution in [2.45, 2.75) is 26.2 Å². The molecule has 1 aromatic rings. The van der Waals surface area contributed by atoms with Crippen molar-refractivity contribution in [3.63, 3.8) is 0 Å². The van der Waals surface area contributed by atoms with Gasteiger partial charge in [-0.1, -0.05) is 29.8 Å². The van der Waals surface area contributed by atoms with Crippen LogP contribution in [0.25, 0.3) is 0 Å². The monoisotopic (exact) mass is 324 g/mol. The van der Waals surface area contributed by atoms with E-state index in [9.17, 15) is 13.2 Å². The molecule has 1 saturated heterocycles.